The van der Waals surface area contributed by atoms with E-state index in [1.807, 2.05) is 6.08 Å². The number of ether oxygens (including phenoxy) is 4. The van der Waals surface area contributed by atoms with Crippen LogP contribution in [0.3, 0.4) is 0 Å². The lowest BCUT2D eigenvalue weighted by Gasteiger charge is -2.43. The Morgan fingerprint density at radius 1 is 1.03 bits per heavy atom. The minimum Gasteiger partial charge on any atom is -0.466 e. The van der Waals surface area contributed by atoms with E-state index < -0.39 is 26.0 Å². The maximum Gasteiger partial charge on any atom is 0.303 e. The summed E-state index contributed by atoms with van der Waals surface area (Å²) in [5.74, 6) is -1.75. The fourth-order valence-corrected chi connectivity index (χ4v) is 11.3. The summed E-state index contributed by atoms with van der Waals surface area (Å²) < 4.78 is 32.0. The van der Waals surface area contributed by atoms with Crippen LogP contribution in [0.2, 0.25) is 5.04 Å². The molecule has 5 rings (SSSR count). The summed E-state index contributed by atoms with van der Waals surface area (Å²) in [6, 6.07) is 21.5. The van der Waals surface area contributed by atoms with Crippen LogP contribution in [0, 0.1) is 5.92 Å². The molecule has 3 aliphatic heterocycles. The Labute approximate surface area is 233 Å². The van der Waals surface area contributed by atoms with E-state index in [1.54, 1.807) is 6.26 Å². The van der Waals surface area contributed by atoms with Crippen LogP contribution in [0.1, 0.15) is 66.7 Å². The predicted molar refractivity (Wildman–Crippen MR) is 153 cm³/mol. The van der Waals surface area contributed by atoms with Crippen LogP contribution in [-0.4, -0.2) is 44.7 Å². The molecule has 0 saturated carbocycles. The fraction of sp³-hybridized carbons (Fsp3) is 0.531. The third-order valence-corrected chi connectivity index (χ3v) is 13.5. The highest BCUT2D eigenvalue weighted by molar-refractivity contribution is 6.99. The van der Waals surface area contributed by atoms with Gasteiger partial charge in [-0.3, -0.25) is 4.79 Å². The third kappa shape index (κ3) is 5.34. The van der Waals surface area contributed by atoms with Crippen molar-refractivity contribution in [2.45, 2.75) is 95.5 Å². The number of benzene rings is 2. The van der Waals surface area contributed by atoms with Gasteiger partial charge in [0.25, 0.3) is 8.32 Å². The third-order valence-electron chi connectivity index (χ3n) is 8.50. The second kappa shape index (κ2) is 10.8. The van der Waals surface area contributed by atoms with Crippen LogP contribution in [0.5, 0.6) is 0 Å². The molecular weight excluding hydrogens is 508 g/mol. The van der Waals surface area contributed by atoms with Gasteiger partial charge >= 0.3 is 5.97 Å². The lowest BCUT2D eigenvalue weighted by Crippen LogP contribution is -2.66. The highest BCUT2D eigenvalue weighted by Gasteiger charge is 2.61. The molecule has 0 radical (unpaired) electrons. The van der Waals surface area contributed by atoms with Crippen molar-refractivity contribution in [2.75, 3.05) is 6.61 Å². The second-order valence-corrected chi connectivity index (χ2v) is 16.6. The highest BCUT2D eigenvalue weighted by Crippen LogP contribution is 2.52. The van der Waals surface area contributed by atoms with Gasteiger partial charge in [-0.15, -0.1) is 0 Å². The molecule has 3 heterocycles. The molecule has 5 atom stereocenters. The Hall–Kier alpha value is -2.45. The average molecular weight is 551 g/mol. The van der Waals surface area contributed by atoms with E-state index in [-0.39, 0.29) is 17.1 Å². The molecule has 0 aromatic heterocycles. The molecule has 2 aromatic rings. The molecule has 3 aliphatic rings. The van der Waals surface area contributed by atoms with E-state index in [4.69, 9.17) is 23.4 Å². The van der Waals surface area contributed by atoms with Gasteiger partial charge in [-0.05, 0) is 33.8 Å². The maximum atomic E-state index is 11.7. The standard InChI is InChI=1S/C32H42O6Si/c1-24-23-31(19-20-32(38-31)29(36-25(2)33)17-12-21-34-32)37-28(24)18-22-35-39(30(3,4)5,26-13-8-6-9-14-26)27-15-10-7-11-16-27/h6-16,21,24,28-29H,17-20,22-23H2,1-5H3/t24-,28-,29+,31+,32-/m1/s1. The molecule has 39 heavy (non-hydrogen) atoms. The SMILES string of the molecule is CC(=O)O[C@H]1CC=CO[C@@]12CC[C@@]1(C[C@@H](C)[C@@H](CCO[Si](c3ccccc3)(c3ccccc3)C(C)(C)C)O1)O2. The van der Waals surface area contributed by atoms with Gasteiger partial charge in [0, 0.05) is 39.2 Å². The zero-order valence-corrected chi connectivity index (χ0v) is 24.9. The van der Waals surface area contributed by atoms with Crippen molar-refractivity contribution in [1.82, 2.24) is 0 Å². The molecule has 0 amide bonds. The normalized spacial score (nSPS) is 30.5. The van der Waals surface area contributed by atoms with Crippen molar-refractivity contribution in [3.05, 3.63) is 73.0 Å². The van der Waals surface area contributed by atoms with Gasteiger partial charge in [0.05, 0.1) is 12.4 Å². The van der Waals surface area contributed by atoms with Crippen LogP contribution in [-0.2, 0) is 28.2 Å². The van der Waals surface area contributed by atoms with Crippen molar-refractivity contribution in [3.63, 3.8) is 0 Å². The second-order valence-electron chi connectivity index (χ2n) is 12.3. The molecule has 6 nitrogen and oxygen atoms in total. The van der Waals surface area contributed by atoms with Crippen molar-refractivity contribution in [1.29, 1.82) is 0 Å². The van der Waals surface area contributed by atoms with Gasteiger partial charge in [0.15, 0.2) is 11.9 Å². The van der Waals surface area contributed by atoms with Gasteiger partial charge in [-0.25, -0.2) is 0 Å². The molecule has 210 valence electrons. The topological polar surface area (TPSA) is 63.2 Å². The van der Waals surface area contributed by atoms with Crippen molar-refractivity contribution < 1.29 is 28.2 Å². The number of carbonyl (C=O) groups is 1. The summed E-state index contributed by atoms with van der Waals surface area (Å²) in [6.07, 6.45) is 6.50. The lowest BCUT2D eigenvalue weighted by molar-refractivity contribution is -0.330. The number of rotatable bonds is 7. The number of hydrogen-bond acceptors (Lipinski definition) is 6. The first-order valence-electron chi connectivity index (χ1n) is 14.2. The predicted octanol–water partition coefficient (Wildman–Crippen LogP) is 5.45. The summed E-state index contributed by atoms with van der Waals surface area (Å²) in [6.45, 7) is 11.1. The van der Waals surface area contributed by atoms with E-state index in [0.717, 1.165) is 12.8 Å². The molecule has 0 unspecified atom stereocenters. The van der Waals surface area contributed by atoms with E-state index >= 15 is 0 Å². The quantitative estimate of drug-likeness (QED) is 0.338. The molecule has 0 aliphatic carbocycles. The zero-order valence-electron chi connectivity index (χ0n) is 23.9. The van der Waals surface area contributed by atoms with Crippen LogP contribution in [0.4, 0.5) is 0 Å². The first kappa shape index (κ1) is 28.1. The smallest absolute Gasteiger partial charge is 0.303 e. The monoisotopic (exact) mass is 550 g/mol. The molecule has 0 bridgehead atoms. The Morgan fingerprint density at radius 3 is 2.26 bits per heavy atom. The molecule has 2 aromatic carbocycles. The van der Waals surface area contributed by atoms with Crippen LogP contribution in [0.15, 0.2) is 73.0 Å². The van der Waals surface area contributed by atoms with Crippen molar-refractivity contribution >= 4 is 24.7 Å². The van der Waals surface area contributed by atoms with Crippen LogP contribution >= 0.6 is 0 Å². The molecular formula is C32H42O6Si. The number of esters is 1. The number of carbonyl (C=O) groups excluding carboxylic acids is 1. The molecule has 0 N–H and O–H groups in total. The lowest BCUT2D eigenvalue weighted by atomic mass is 9.96. The van der Waals surface area contributed by atoms with Crippen LogP contribution < -0.4 is 10.4 Å². The molecule has 2 spiro atoms. The largest absolute Gasteiger partial charge is 0.466 e. The van der Waals surface area contributed by atoms with E-state index in [9.17, 15) is 4.79 Å². The first-order valence-corrected chi connectivity index (χ1v) is 16.1. The fourth-order valence-electron chi connectivity index (χ4n) is 6.75. The van der Waals surface area contributed by atoms with E-state index in [2.05, 4.69) is 88.4 Å². The van der Waals surface area contributed by atoms with E-state index in [1.165, 1.54) is 17.3 Å². The Kier molecular flexibility index (Phi) is 7.81. The summed E-state index contributed by atoms with van der Waals surface area (Å²) in [4.78, 5) is 11.7. The highest BCUT2D eigenvalue weighted by atomic mass is 28.4. The average Bonchev–Trinajstić information content (AvgIpc) is 3.41. The summed E-state index contributed by atoms with van der Waals surface area (Å²) in [5, 5.41) is 2.48. The Balaban J connectivity index is 1.32. The maximum absolute atomic E-state index is 11.7. The Morgan fingerprint density at radius 2 is 1.67 bits per heavy atom. The van der Waals surface area contributed by atoms with Gasteiger partial charge in [-0.2, -0.15) is 0 Å². The Bertz CT molecular complexity index is 1120. The van der Waals surface area contributed by atoms with E-state index in [0.29, 0.717) is 31.8 Å². The van der Waals surface area contributed by atoms with Gasteiger partial charge in [-0.1, -0.05) is 88.4 Å². The minimum absolute atomic E-state index is 0.00433. The summed E-state index contributed by atoms with van der Waals surface area (Å²) >= 11 is 0. The molecule has 2 fully saturated rings. The van der Waals surface area contributed by atoms with Gasteiger partial charge in [0.2, 0.25) is 5.79 Å². The summed E-state index contributed by atoms with van der Waals surface area (Å²) in [5.41, 5.74) is 0. The molecule has 7 heteroatoms. The van der Waals surface area contributed by atoms with Gasteiger partial charge < -0.3 is 23.4 Å². The number of hydrogen-bond donors (Lipinski definition) is 0. The molecule has 2 saturated heterocycles. The van der Waals surface area contributed by atoms with Gasteiger partial charge in [0.1, 0.15) is 0 Å². The summed E-state index contributed by atoms with van der Waals surface area (Å²) in [7, 11) is -2.60. The van der Waals surface area contributed by atoms with Crippen LogP contribution in [0.25, 0.3) is 0 Å². The van der Waals surface area contributed by atoms with Crippen molar-refractivity contribution in [2.24, 2.45) is 5.92 Å². The first-order chi connectivity index (χ1) is 18.6. The zero-order chi connectivity index (χ0) is 27.7. The van der Waals surface area contributed by atoms with Crippen molar-refractivity contribution in [3.8, 4) is 0 Å². The minimum atomic E-state index is -2.60.